The summed E-state index contributed by atoms with van der Waals surface area (Å²) in [5, 5.41) is 0.655. The van der Waals surface area contributed by atoms with Crippen LogP contribution in [0.4, 0.5) is 0 Å². The van der Waals surface area contributed by atoms with E-state index in [1.807, 2.05) is 54.6 Å². The standard InChI is InChI=1S/C21H16N4O2S/c26-18(13-14-7-2-1-3-8-14)24-25-20(27)15-9-6-12-22-19(15)21-23-16-10-4-5-11-17(16)28-21/h1-12H,13H2,(H,24,26)(H,25,27). The Kier molecular flexibility index (Phi) is 5.07. The second kappa shape index (κ2) is 7.98. The van der Waals surface area contributed by atoms with Gasteiger partial charge in [0.2, 0.25) is 5.91 Å². The Bertz CT molecular complexity index is 1110. The maximum Gasteiger partial charge on any atom is 0.271 e. The minimum Gasteiger partial charge on any atom is -0.273 e. The van der Waals surface area contributed by atoms with Crippen LogP contribution in [0.5, 0.6) is 0 Å². The van der Waals surface area contributed by atoms with E-state index >= 15 is 0 Å². The smallest absolute Gasteiger partial charge is 0.271 e. The first-order chi connectivity index (χ1) is 13.7. The summed E-state index contributed by atoms with van der Waals surface area (Å²) in [7, 11) is 0. The number of fused-ring (bicyclic) bond motifs is 1. The number of hydrogen-bond donors (Lipinski definition) is 2. The normalized spacial score (nSPS) is 10.6. The van der Waals surface area contributed by atoms with Crippen LogP contribution in [0.15, 0.2) is 72.9 Å². The highest BCUT2D eigenvalue weighted by Crippen LogP contribution is 2.30. The van der Waals surface area contributed by atoms with E-state index in [1.165, 1.54) is 11.3 Å². The number of hydrogen-bond acceptors (Lipinski definition) is 5. The topological polar surface area (TPSA) is 84.0 Å². The summed E-state index contributed by atoms with van der Waals surface area (Å²) in [6.45, 7) is 0. The van der Waals surface area contributed by atoms with E-state index < -0.39 is 5.91 Å². The Labute approximate surface area is 165 Å². The number of rotatable bonds is 4. The van der Waals surface area contributed by atoms with Crippen LogP contribution < -0.4 is 10.9 Å². The molecule has 6 nitrogen and oxygen atoms in total. The Balaban J connectivity index is 1.50. The second-order valence-electron chi connectivity index (χ2n) is 6.05. The van der Waals surface area contributed by atoms with Crippen LogP contribution in [0, 0.1) is 0 Å². The molecule has 0 aliphatic heterocycles. The zero-order chi connectivity index (χ0) is 19.3. The van der Waals surface area contributed by atoms with E-state index in [4.69, 9.17) is 0 Å². The van der Waals surface area contributed by atoms with Crippen molar-refractivity contribution in [3.8, 4) is 10.7 Å². The molecule has 0 aliphatic rings. The number of hydrazine groups is 1. The summed E-state index contributed by atoms with van der Waals surface area (Å²) in [5.41, 5.74) is 7.47. The SMILES string of the molecule is O=C(Cc1ccccc1)NNC(=O)c1cccnc1-c1nc2ccccc2s1. The van der Waals surface area contributed by atoms with Gasteiger partial charge in [0.25, 0.3) is 5.91 Å². The Morgan fingerprint density at radius 2 is 1.68 bits per heavy atom. The van der Waals surface area contributed by atoms with Gasteiger partial charge < -0.3 is 0 Å². The lowest BCUT2D eigenvalue weighted by molar-refractivity contribution is -0.121. The molecular formula is C21H16N4O2S. The molecular weight excluding hydrogens is 372 g/mol. The number of aromatic nitrogens is 2. The number of thiazole rings is 1. The van der Waals surface area contributed by atoms with E-state index in [9.17, 15) is 9.59 Å². The van der Waals surface area contributed by atoms with Crippen LogP contribution in [0.3, 0.4) is 0 Å². The summed E-state index contributed by atoms with van der Waals surface area (Å²) in [4.78, 5) is 33.6. The highest BCUT2D eigenvalue weighted by Gasteiger charge is 2.17. The molecule has 138 valence electrons. The molecule has 7 heteroatoms. The third-order valence-corrected chi connectivity index (χ3v) is 5.11. The van der Waals surface area contributed by atoms with Gasteiger partial charge in [-0.1, -0.05) is 42.5 Å². The summed E-state index contributed by atoms with van der Waals surface area (Å²) in [5.74, 6) is -0.742. The zero-order valence-corrected chi connectivity index (χ0v) is 15.6. The van der Waals surface area contributed by atoms with Crippen LogP contribution in [-0.4, -0.2) is 21.8 Å². The molecule has 28 heavy (non-hydrogen) atoms. The third-order valence-electron chi connectivity index (χ3n) is 4.07. The number of nitrogens with zero attached hydrogens (tertiary/aromatic N) is 2. The lowest BCUT2D eigenvalue weighted by Crippen LogP contribution is -2.42. The number of pyridine rings is 1. The minimum atomic E-state index is -0.441. The van der Waals surface area contributed by atoms with E-state index in [1.54, 1.807) is 18.3 Å². The number of para-hydroxylation sites is 1. The van der Waals surface area contributed by atoms with Gasteiger partial charge in [0.15, 0.2) is 0 Å². The molecule has 0 radical (unpaired) electrons. The predicted molar refractivity (Wildman–Crippen MR) is 109 cm³/mol. The number of carbonyl (C=O) groups is 2. The Morgan fingerprint density at radius 3 is 2.50 bits per heavy atom. The van der Waals surface area contributed by atoms with E-state index in [2.05, 4.69) is 20.8 Å². The van der Waals surface area contributed by atoms with E-state index in [-0.39, 0.29) is 12.3 Å². The zero-order valence-electron chi connectivity index (χ0n) is 14.8. The summed E-state index contributed by atoms with van der Waals surface area (Å²) < 4.78 is 1.02. The fourth-order valence-corrected chi connectivity index (χ4v) is 3.73. The monoisotopic (exact) mass is 388 g/mol. The fourth-order valence-electron chi connectivity index (χ4n) is 2.75. The average molecular weight is 388 g/mol. The Morgan fingerprint density at radius 1 is 0.893 bits per heavy atom. The van der Waals surface area contributed by atoms with Crippen molar-refractivity contribution in [2.24, 2.45) is 0 Å². The van der Waals surface area contributed by atoms with Crippen LogP contribution in [0.1, 0.15) is 15.9 Å². The highest BCUT2D eigenvalue weighted by atomic mass is 32.1. The molecule has 2 aromatic carbocycles. The summed E-state index contributed by atoms with van der Waals surface area (Å²) in [6, 6.07) is 20.4. The van der Waals surface area contributed by atoms with Gasteiger partial charge >= 0.3 is 0 Å². The summed E-state index contributed by atoms with van der Waals surface area (Å²) >= 11 is 1.47. The molecule has 2 N–H and O–H groups in total. The van der Waals surface area contributed by atoms with Crippen molar-refractivity contribution in [3.05, 3.63) is 84.1 Å². The molecule has 2 amide bonds. The molecule has 2 heterocycles. The number of carbonyl (C=O) groups excluding carboxylic acids is 2. The van der Waals surface area contributed by atoms with Crippen molar-refractivity contribution in [3.63, 3.8) is 0 Å². The van der Waals surface area contributed by atoms with Gasteiger partial charge in [-0.05, 0) is 29.8 Å². The van der Waals surface area contributed by atoms with Crippen molar-refractivity contribution >= 4 is 33.4 Å². The maximum absolute atomic E-state index is 12.6. The summed E-state index contributed by atoms with van der Waals surface area (Å²) in [6.07, 6.45) is 1.80. The minimum absolute atomic E-state index is 0.179. The molecule has 0 spiro atoms. The number of benzene rings is 2. The van der Waals surface area contributed by atoms with Gasteiger partial charge in [-0.15, -0.1) is 11.3 Å². The van der Waals surface area contributed by atoms with E-state index in [0.717, 1.165) is 15.8 Å². The molecule has 0 saturated carbocycles. The van der Waals surface area contributed by atoms with Crippen LogP contribution in [0.25, 0.3) is 20.9 Å². The quantitative estimate of drug-likeness (QED) is 0.525. The van der Waals surface area contributed by atoms with Crippen molar-refractivity contribution in [1.82, 2.24) is 20.8 Å². The van der Waals surface area contributed by atoms with Crippen molar-refractivity contribution in [2.45, 2.75) is 6.42 Å². The van der Waals surface area contributed by atoms with Crippen LogP contribution in [-0.2, 0) is 11.2 Å². The fraction of sp³-hybridized carbons (Fsp3) is 0.0476. The first-order valence-electron chi connectivity index (χ1n) is 8.65. The molecule has 4 rings (SSSR count). The lowest BCUT2D eigenvalue weighted by atomic mass is 10.1. The van der Waals surface area contributed by atoms with Crippen LogP contribution >= 0.6 is 11.3 Å². The first-order valence-corrected chi connectivity index (χ1v) is 9.46. The third kappa shape index (κ3) is 3.89. The number of nitrogens with one attached hydrogen (secondary N) is 2. The molecule has 0 fully saturated rings. The Hall–Kier alpha value is -3.58. The van der Waals surface area contributed by atoms with Gasteiger partial charge in [0.1, 0.15) is 10.7 Å². The van der Waals surface area contributed by atoms with Crippen molar-refractivity contribution < 1.29 is 9.59 Å². The highest BCUT2D eigenvalue weighted by molar-refractivity contribution is 7.21. The molecule has 0 atom stereocenters. The van der Waals surface area contributed by atoms with E-state index in [0.29, 0.717) is 16.3 Å². The van der Waals surface area contributed by atoms with Crippen molar-refractivity contribution in [2.75, 3.05) is 0 Å². The molecule has 0 unspecified atom stereocenters. The van der Waals surface area contributed by atoms with Crippen molar-refractivity contribution in [1.29, 1.82) is 0 Å². The number of amides is 2. The van der Waals surface area contributed by atoms with Gasteiger partial charge in [0.05, 0.1) is 22.2 Å². The molecule has 0 saturated heterocycles. The van der Waals surface area contributed by atoms with Gasteiger partial charge in [0, 0.05) is 6.20 Å². The predicted octanol–water partition coefficient (Wildman–Crippen LogP) is 3.36. The molecule has 4 aromatic rings. The largest absolute Gasteiger partial charge is 0.273 e. The lowest BCUT2D eigenvalue weighted by Gasteiger charge is -2.09. The first kappa shape index (κ1) is 17.8. The molecule has 0 bridgehead atoms. The molecule has 0 aliphatic carbocycles. The second-order valence-corrected chi connectivity index (χ2v) is 7.08. The van der Waals surface area contributed by atoms with Gasteiger partial charge in [-0.2, -0.15) is 0 Å². The molecule has 2 aromatic heterocycles. The average Bonchev–Trinajstić information content (AvgIpc) is 3.17. The van der Waals surface area contributed by atoms with Gasteiger partial charge in [-0.25, -0.2) is 4.98 Å². The maximum atomic E-state index is 12.6. The van der Waals surface area contributed by atoms with Crippen LogP contribution in [0.2, 0.25) is 0 Å². The van der Waals surface area contributed by atoms with Gasteiger partial charge in [-0.3, -0.25) is 25.4 Å².